The molecule has 1 aliphatic heterocycles. The number of aryl methyl sites for hydroxylation is 1. The Morgan fingerprint density at radius 1 is 1.00 bits per heavy atom. The lowest BCUT2D eigenvalue weighted by Gasteiger charge is -2.06. The topological polar surface area (TPSA) is 59.6 Å². The van der Waals surface area contributed by atoms with Crippen molar-refractivity contribution in [3.8, 4) is 11.5 Å². The zero-order chi connectivity index (χ0) is 20.3. The summed E-state index contributed by atoms with van der Waals surface area (Å²) in [5, 5.41) is 6.29. The van der Waals surface area contributed by atoms with Crippen LogP contribution in [0.4, 0.5) is 4.39 Å². The fourth-order valence-electron chi connectivity index (χ4n) is 3.03. The van der Waals surface area contributed by atoms with E-state index in [4.69, 9.17) is 9.47 Å². The molecule has 6 heteroatoms. The Morgan fingerprint density at radius 2 is 1.79 bits per heavy atom. The number of carbonyl (C=O) groups is 1. The van der Waals surface area contributed by atoms with Gasteiger partial charge in [-0.1, -0.05) is 30.4 Å². The number of hydrogen-bond donors (Lipinski definition) is 2. The number of ether oxygens (including phenoxy) is 2. The van der Waals surface area contributed by atoms with Gasteiger partial charge in [0, 0.05) is 13.0 Å². The van der Waals surface area contributed by atoms with Crippen LogP contribution in [0.25, 0.3) is 6.08 Å². The second-order valence-corrected chi connectivity index (χ2v) is 6.90. The smallest absolute Gasteiger partial charge is 0.231 e. The Hall–Kier alpha value is -2.86. The number of amides is 1. The highest BCUT2D eigenvalue weighted by molar-refractivity contribution is 5.78. The third kappa shape index (κ3) is 7.23. The molecule has 1 heterocycles. The predicted octanol–water partition coefficient (Wildman–Crippen LogP) is 3.69. The van der Waals surface area contributed by atoms with Gasteiger partial charge in [-0.3, -0.25) is 4.79 Å². The van der Waals surface area contributed by atoms with Crippen LogP contribution in [0.2, 0.25) is 0 Å². The minimum Gasteiger partial charge on any atom is -0.454 e. The third-order valence-corrected chi connectivity index (χ3v) is 4.59. The third-order valence-electron chi connectivity index (χ3n) is 4.59. The van der Waals surface area contributed by atoms with Gasteiger partial charge in [0.2, 0.25) is 12.7 Å². The molecule has 0 saturated carbocycles. The zero-order valence-corrected chi connectivity index (χ0v) is 16.5. The Labute approximate surface area is 170 Å². The summed E-state index contributed by atoms with van der Waals surface area (Å²) in [6.45, 7) is 2.68. The molecule has 0 aliphatic carbocycles. The second kappa shape index (κ2) is 11.2. The van der Waals surface area contributed by atoms with Gasteiger partial charge in [-0.05, 0) is 67.7 Å². The molecule has 2 aromatic carbocycles. The monoisotopic (exact) mass is 398 g/mol. The standard InChI is InChI=1S/C23H27FN2O3/c24-20-10-7-18(8-11-20)5-2-13-25-14-3-15-26-23(27)6-1-4-19-9-12-21-22(16-19)29-17-28-21/h1,4,7-12,16,25H,2-3,5-6,13-15,17H2,(H,26,27)/b4-1+. The molecule has 3 rings (SSSR count). The quantitative estimate of drug-likeness (QED) is 0.567. The lowest BCUT2D eigenvalue weighted by Crippen LogP contribution is -2.27. The average molecular weight is 398 g/mol. The van der Waals surface area contributed by atoms with E-state index in [1.54, 1.807) is 0 Å². The lowest BCUT2D eigenvalue weighted by atomic mass is 10.1. The Morgan fingerprint density at radius 3 is 2.66 bits per heavy atom. The first kappa shape index (κ1) is 20.9. The molecule has 0 radical (unpaired) electrons. The maximum atomic E-state index is 12.8. The van der Waals surface area contributed by atoms with E-state index in [-0.39, 0.29) is 18.5 Å². The SMILES string of the molecule is O=C(C/C=C/c1ccc2c(c1)OCO2)NCCCNCCCc1ccc(F)cc1. The lowest BCUT2D eigenvalue weighted by molar-refractivity contribution is -0.120. The van der Waals surface area contributed by atoms with Crippen LogP contribution < -0.4 is 20.1 Å². The van der Waals surface area contributed by atoms with E-state index in [0.29, 0.717) is 13.0 Å². The second-order valence-electron chi connectivity index (χ2n) is 6.90. The number of benzene rings is 2. The normalized spacial score (nSPS) is 12.4. The van der Waals surface area contributed by atoms with Crippen molar-refractivity contribution in [2.75, 3.05) is 26.4 Å². The molecule has 0 aromatic heterocycles. The number of halogens is 1. The van der Waals surface area contributed by atoms with Gasteiger partial charge in [0.25, 0.3) is 0 Å². The van der Waals surface area contributed by atoms with Crippen LogP contribution in [-0.4, -0.2) is 32.3 Å². The van der Waals surface area contributed by atoms with Gasteiger partial charge in [0.1, 0.15) is 5.82 Å². The van der Waals surface area contributed by atoms with Crippen LogP contribution >= 0.6 is 0 Å². The molecular weight excluding hydrogens is 371 g/mol. The summed E-state index contributed by atoms with van der Waals surface area (Å²) in [7, 11) is 0. The average Bonchev–Trinajstić information content (AvgIpc) is 3.19. The van der Waals surface area contributed by atoms with Crippen molar-refractivity contribution in [2.24, 2.45) is 0 Å². The number of nitrogens with one attached hydrogen (secondary N) is 2. The zero-order valence-electron chi connectivity index (χ0n) is 16.5. The van der Waals surface area contributed by atoms with E-state index >= 15 is 0 Å². The predicted molar refractivity (Wildman–Crippen MR) is 111 cm³/mol. The number of fused-ring (bicyclic) bond motifs is 1. The van der Waals surface area contributed by atoms with Gasteiger partial charge in [-0.2, -0.15) is 0 Å². The van der Waals surface area contributed by atoms with Crippen molar-refractivity contribution in [3.05, 3.63) is 65.5 Å². The summed E-state index contributed by atoms with van der Waals surface area (Å²) >= 11 is 0. The van der Waals surface area contributed by atoms with E-state index in [9.17, 15) is 9.18 Å². The minimum absolute atomic E-state index is 0.0123. The van der Waals surface area contributed by atoms with Crippen LogP contribution in [-0.2, 0) is 11.2 Å². The van der Waals surface area contributed by atoms with Crippen LogP contribution in [0.15, 0.2) is 48.5 Å². The van der Waals surface area contributed by atoms with Gasteiger partial charge < -0.3 is 20.1 Å². The summed E-state index contributed by atoms with van der Waals surface area (Å²) in [5.74, 6) is 1.31. The van der Waals surface area contributed by atoms with Crippen LogP contribution in [0, 0.1) is 5.82 Å². The first-order valence-electron chi connectivity index (χ1n) is 9.99. The Balaban J connectivity index is 1.20. The van der Waals surface area contributed by atoms with Gasteiger partial charge in [-0.25, -0.2) is 4.39 Å². The number of carbonyl (C=O) groups excluding carboxylic acids is 1. The van der Waals surface area contributed by atoms with Crippen molar-refractivity contribution in [1.29, 1.82) is 0 Å². The van der Waals surface area contributed by atoms with Gasteiger partial charge in [-0.15, -0.1) is 0 Å². The van der Waals surface area contributed by atoms with Crippen molar-refractivity contribution in [3.63, 3.8) is 0 Å². The fourth-order valence-corrected chi connectivity index (χ4v) is 3.03. The van der Waals surface area contributed by atoms with E-state index in [1.165, 1.54) is 12.1 Å². The molecule has 0 fully saturated rings. The molecule has 0 unspecified atom stereocenters. The maximum absolute atomic E-state index is 12.8. The maximum Gasteiger partial charge on any atom is 0.231 e. The molecule has 1 amide bonds. The summed E-state index contributed by atoms with van der Waals surface area (Å²) in [6, 6.07) is 12.3. The first-order chi connectivity index (χ1) is 14.2. The summed E-state index contributed by atoms with van der Waals surface area (Å²) in [5.41, 5.74) is 2.13. The highest BCUT2D eigenvalue weighted by Gasteiger charge is 2.12. The summed E-state index contributed by atoms with van der Waals surface area (Å²) < 4.78 is 23.5. The van der Waals surface area contributed by atoms with Crippen LogP contribution in [0.3, 0.4) is 0 Å². The molecule has 5 nitrogen and oxygen atoms in total. The van der Waals surface area contributed by atoms with Crippen LogP contribution in [0.1, 0.15) is 30.4 Å². The molecule has 2 N–H and O–H groups in total. The highest BCUT2D eigenvalue weighted by atomic mass is 19.1. The van der Waals surface area contributed by atoms with Gasteiger partial charge in [0.15, 0.2) is 11.5 Å². The fraction of sp³-hybridized carbons (Fsp3) is 0.348. The first-order valence-corrected chi connectivity index (χ1v) is 9.99. The molecular formula is C23H27FN2O3. The van der Waals surface area contributed by atoms with Crippen LogP contribution in [0.5, 0.6) is 11.5 Å². The summed E-state index contributed by atoms with van der Waals surface area (Å²) in [4.78, 5) is 11.9. The molecule has 0 spiro atoms. The van der Waals surface area contributed by atoms with Gasteiger partial charge in [0.05, 0.1) is 0 Å². The van der Waals surface area contributed by atoms with Crippen molar-refractivity contribution in [1.82, 2.24) is 10.6 Å². The minimum atomic E-state index is -0.197. The van der Waals surface area contributed by atoms with E-state index in [2.05, 4.69) is 10.6 Å². The highest BCUT2D eigenvalue weighted by Crippen LogP contribution is 2.32. The van der Waals surface area contributed by atoms with Crippen molar-refractivity contribution in [2.45, 2.75) is 25.7 Å². The van der Waals surface area contributed by atoms with E-state index < -0.39 is 0 Å². The molecule has 0 atom stereocenters. The van der Waals surface area contributed by atoms with Crippen molar-refractivity contribution >= 4 is 12.0 Å². The molecule has 2 aromatic rings. The number of hydrogen-bond acceptors (Lipinski definition) is 4. The summed E-state index contributed by atoms with van der Waals surface area (Å²) in [6.07, 6.45) is 6.92. The number of rotatable bonds is 11. The van der Waals surface area contributed by atoms with Crippen molar-refractivity contribution < 1.29 is 18.7 Å². The Bertz CT molecular complexity index is 821. The molecule has 29 heavy (non-hydrogen) atoms. The molecule has 0 bridgehead atoms. The molecule has 0 saturated heterocycles. The van der Waals surface area contributed by atoms with E-state index in [1.807, 2.05) is 42.5 Å². The largest absolute Gasteiger partial charge is 0.454 e. The molecule has 1 aliphatic rings. The van der Waals surface area contributed by atoms with Gasteiger partial charge >= 0.3 is 0 Å². The molecule has 154 valence electrons. The van der Waals surface area contributed by atoms with E-state index in [0.717, 1.165) is 55.0 Å². The Kier molecular flexibility index (Phi) is 8.07.